The van der Waals surface area contributed by atoms with Gasteiger partial charge >= 0.3 is 12.1 Å². The van der Waals surface area contributed by atoms with Crippen molar-refractivity contribution in [2.45, 2.75) is 51.9 Å². The fourth-order valence-electron chi connectivity index (χ4n) is 2.99. The van der Waals surface area contributed by atoms with Crippen molar-refractivity contribution in [2.24, 2.45) is 0 Å². The molecule has 2 aromatic rings. The second-order valence-corrected chi connectivity index (χ2v) is 8.52. The standard InChI is InChI=1S/C19H22BrN3O5/c1-19(2,3)28-18(26)22-8-4-5-14(22)17(25)27-11-13-9-16(24)23-10-12(20)6-7-15(23)21-13/h6-7,9-10,14H,4-5,8,11H2,1-3H3/t14-/m0/s1. The Morgan fingerprint density at radius 1 is 1.32 bits per heavy atom. The Kier molecular flexibility index (Phi) is 5.74. The molecule has 28 heavy (non-hydrogen) atoms. The third-order valence-corrected chi connectivity index (χ3v) is 4.66. The third kappa shape index (κ3) is 4.70. The summed E-state index contributed by atoms with van der Waals surface area (Å²) in [6.07, 6.45) is 2.31. The highest BCUT2D eigenvalue weighted by Crippen LogP contribution is 2.22. The fraction of sp³-hybridized carbons (Fsp3) is 0.474. The minimum absolute atomic E-state index is 0.140. The van der Waals surface area contributed by atoms with E-state index in [-0.39, 0.29) is 12.2 Å². The van der Waals surface area contributed by atoms with Crippen molar-refractivity contribution in [3.8, 4) is 0 Å². The number of carbonyl (C=O) groups excluding carboxylic acids is 2. The van der Waals surface area contributed by atoms with E-state index < -0.39 is 23.7 Å². The van der Waals surface area contributed by atoms with Gasteiger partial charge in [0.25, 0.3) is 5.56 Å². The van der Waals surface area contributed by atoms with Crippen molar-refractivity contribution in [1.29, 1.82) is 0 Å². The van der Waals surface area contributed by atoms with E-state index in [1.54, 1.807) is 39.1 Å². The average Bonchev–Trinajstić information content (AvgIpc) is 3.09. The van der Waals surface area contributed by atoms with Gasteiger partial charge in [0, 0.05) is 23.3 Å². The Morgan fingerprint density at radius 2 is 2.07 bits per heavy atom. The Labute approximate surface area is 170 Å². The number of likely N-dealkylation sites (tertiary alicyclic amines) is 1. The average molecular weight is 452 g/mol. The number of fused-ring (bicyclic) bond motifs is 1. The topological polar surface area (TPSA) is 90.2 Å². The molecule has 8 nitrogen and oxygen atoms in total. The van der Waals surface area contributed by atoms with Crippen LogP contribution in [0.25, 0.3) is 5.65 Å². The van der Waals surface area contributed by atoms with Crippen LogP contribution in [0.1, 0.15) is 39.3 Å². The van der Waals surface area contributed by atoms with Crippen LogP contribution in [0.3, 0.4) is 0 Å². The van der Waals surface area contributed by atoms with Gasteiger partial charge in [0.2, 0.25) is 0 Å². The molecule has 150 valence electrons. The summed E-state index contributed by atoms with van der Waals surface area (Å²) >= 11 is 3.31. The van der Waals surface area contributed by atoms with Crippen LogP contribution in [0.2, 0.25) is 0 Å². The molecule has 0 aliphatic carbocycles. The number of ether oxygens (including phenoxy) is 2. The van der Waals surface area contributed by atoms with E-state index >= 15 is 0 Å². The third-order valence-electron chi connectivity index (χ3n) is 4.19. The SMILES string of the molecule is CC(C)(C)OC(=O)N1CCC[C@H]1C(=O)OCc1cc(=O)n2cc(Br)ccc2n1. The zero-order valence-electron chi connectivity index (χ0n) is 16.0. The van der Waals surface area contributed by atoms with E-state index in [9.17, 15) is 14.4 Å². The summed E-state index contributed by atoms with van der Waals surface area (Å²) in [5.41, 5.74) is -0.102. The van der Waals surface area contributed by atoms with Gasteiger partial charge in [0.05, 0.1) is 5.69 Å². The molecule has 9 heteroatoms. The van der Waals surface area contributed by atoms with Crippen LogP contribution in [-0.2, 0) is 20.9 Å². The molecule has 0 spiro atoms. The smallest absolute Gasteiger partial charge is 0.411 e. The number of pyridine rings is 1. The van der Waals surface area contributed by atoms with Crippen LogP contribution in [0.4, 0.5) is 4.79 Å². The van der Waals surface area contributed by atoms with Gasteiger partial charge < -0.3 is 9.47 Å². The highest BCUT2D eigenvalue weighted by atomic mass is 79.9. The summed E-state index contributed by atoms with van der Waals surface area (Å²) < 4.78 is 12.9. The summed E-state index contributed by atoms with van der Waals surface area (Å²) in [4.78, 5) is 42.8. The molecular formula is C19H22BrN3O5. The van der Waals surface area contributed by atoms with Crippen molar-refractivity contribution >= 4 is 33.6 Å². The molecule has 0 N–H and O–H groups in total. The number of nitrogens with zero attached hydrogens (tertiary/aromatic N) is 3. The highest BCUT2D eigenvalue weighted by Gasteiger charge is 2.37. The first-order valence-electron chi connectivity index (χ1n) is 8.98. The normalized spacial score (nSPS) is 17.0. The largest absolute Gasteiger partial charge is 0.458 e. The number of halogens is 1. The molecule has 0 radical (unpaired) electrons. The number of rotatable bonds is 3. The molecule has 3 heterocycles. The summed E-state index contributed by atoms with van der Waals surface area (Å²) in [7, 11) is 0. The van der Waals surface area contributed by atoms with E-state index in [1.807, 2.05) is 0 Å². The quantitative estimate of drug-likeness (QED) is 0.666. The number of carbonyl (C=O) groups is 2. The van der Waals surface area contributed by atoms with Crippen LogP contribution < -0.4 is 5.56 Å². The molecule has 1 amide bonds. The molecular weight excluding hydrogens is 430 g/mol. The van der Waals surface area contributed by atoms with Crippen molar-refractivity contribution in [2.75, 3.05) is 6.54 Å². The maximum absolute atomic E-state index is 12.5. The van der Waals surface area contributed by atoms with Gasteiger partial charge in [0.1, 0.15) is 23.9 Å². The van der Waals surface area contributed by atoms with Crippen LogP contribution >= 0.6 is 15.9 Å². The van der Waals surface area contributed by atoms with Gasteiger partial charge in [-0.15, -0.1) is 0 Å². The van der Waals surface area contributed by atoms with Crippen molar-refractivity contribution < 1.29 is 19.1 Å². The highest BCUT2D eigenvalue weighted by molar-refractivity contribution is 9.10. The number of amides is 1. The summed E-state index contributed by atoms with van der Waals surface area (Å²) in [5, 5.41) is 0. The maximum atomic E-state index is 12.5. The Morgan fingerprint density at radius 3 is 2.79 bits per heavy atom. The Balaban J connectivity index is 1.68. The summed E-state index contributed by atoms with van der Waals surface area (Å²) in [6.45, 7) is 5.63. The predicted octanol–water partition coefficient (Wildman–Crippen LogP) is 2.90. The van der Waals surface area contributed by atoms with Gasteiger partial charge in [-0.3, -0.25) is 14.1 Å². The van der Waals surface area contributed by atoms with Gasteiger partial charge in [0.15, 0.2) is 0 Å². The second-order valence-electron chi connectivity index (χ2n) is 7.60. The van der Waals surface area contributed by atoms with Gasteiger partial charge in [-0.05, 0) is 61.7 Å². The lowest BCUT2D eigenvalue weighted by Gasteiger charge is -2.27. The molecule has 1 saturated heterocycles. The van der Waals surface area contributed by atoms with Crippen LogP contribution in [0, 0.1) is 0 Å². The van der Waals surface area contributed by atoms with Crippen LogP contribution in [0.15, 0.2) is 33.7 Å². The van der Waals surface area contributed by atoms with Crippen molar-refractivity contribution in [3.63, 3.8) is 0 Å². The summed E-state index contributed by atoms with van der Waals surface area (Å²) in [6, 6.07) is 4.10. The van der Waals surface area contributed by atoms with Crippen molar-refractivity contribution in [3.05, 3.63) is 44.9 Å². The number of aromatic nitrogens is 2. The lowest BCUT2D eigenvalue weighted by Crippen LogP contribution is -2.44. The van der Waals surface area contributed by atoms with Crippen LogP contribution in [-0.4, -0.2) is 44.5 Å². The number of esters is 1. The second kappa shape index (κ2) is 7.90. The molecule has 1 aliphatic rings. The molecule has 0 aromatic carbocycles. The molecule has 3 rings (SSSR count). The first-order valence-corrected chi connectivity index (χ1v) is 9.77. The molecule has 1 atom stereocenters. The molecule has 0 unspecified atom stereocenters. The number of hydrogen-bond acceptors (Lipinski definition) is 6. The fourth-order valence-corrected chi connectivity index (χ4v) is 3.33. The Bertz CT molecular complexity index is 966. The van der Waals surface area contributed by atoms with E-state index in [4.69, 9.17) is 9.47 Å². The Hall–Kier alpha value is -2.42. The van der Waals surface area contributed by atoms with Crippen molar-refractivity contribution in [1.82, 2.24) is 14.3 Å². The maximum Gasteiger partial charge on any atom is 0.411 e. The van der Waals surface area contributed by atoms with Crippen LogP contribution in [0.5, 0.6) is 0 Å². The lowest BCUT2D eigenvalue weighted by molar-refractivity contribution is -0.150. The first-order chi connectivity index (χ1) is 13.1. The first kappa shape index (κ1) is 20.3. The van der Waals surface area contributed by atoms with Gasteiger partial charge in [-0.25, -0.2) is 14.6 Å². The van der Waals surface area contributed by atoms with E-state index in [0.29, 0.717) is 30.7 Å². The van der Waals surface area contributed by atoms with E-state index in [1.165, 1.54) is 15.4 Å². The predicted molar refractivity (Wildman–Crippen MR) is 105 cm³/mol. The summed E-state index contributed by atoms with van der Waals surface area (Å²) in [5.74, 6) is -0.527. The molecule has 0 saturated carbocycles. The molecule has 1 fully saturated rings. The lowest BCUT2D eigenvalue weighted by atomic mass is 10.2. The monoisotopic (exact) mass is 451 g/mol. The van der Waals surface area contributed by atoms with E-state index in [2.05, 4.69) is 20.9 Å². The molecule has 0 bridgehead atoms. The zero-order chi connectivity index (χ0) is 20.5. The zero-order valence-corrected chi connectivity index (χ0v) is 17.6. The van der Waals surface area contributed by atoms with Gasteiger partial charge in [-0.1, -0.05) is 0 Å². The molecule has 1 aliphatic heterocycles. The van der Waals surface area contributed by atoms with E-state index in [0.717, 1.165) is 4.47 Å². The minimum atomic E-state index is -0.688. The van der Waals surface area contributed by atoms with Gasteiger partial charge in [-0.2, -0.15) is 0 Å². The molecule has 2 aromatic heterocycles. The minimum Gasteiger partial charge on any atom is -0.458 e. The number of hydrogen-bond donors (Lipinski definition) is 0.